The summed E-state index contributed by atoms with van der Waals surface area (Å²) in [6, 6.07) is 4.12. The van der Waals surface area contributed by atoms with Crippen LogP contribution in [-0.2, 0) is 19.9 Å². The smallest absolute Gasteiger partial charge is 0.245 e. The maximum absolute atomic E-state index is 12.3. The Morgan fingerprint density at radius 2 is 1.79 bits per heavy atom. The molecule has 0 aromatic heterocycles. The number of halogens is 1. The number of nitrogen functional groups attached to an aromatic ring is 1. The molecule has 2 rings (SSSR count). The molecule has 1 aliphatic heterocycles. The standard InChI is InChI=1S/C10H13ClN2O4S2/c11-8-1-2-10(9(12)7-8)19(16,17)13-3-5-18(14,15)6-4-13/h1-2,7H,3-6,12H2. The van der Waals surface area contributed by atoms with E-state index in [4.69, 9.17) is 17.3 Å². The van der Waals surface area contributed by atoms with E-state index in [1.807, 2.05) is 0 Å². The molecule has 9 heteroatoms. The summed E-state index contributed by atoms with van der Waals surface area (Å²) in [4.78, 5) is -0.0452. The van der Waals surface area contributed by atoms with E-state index in [0.717, 1.165) is 4.31 Å². The Balaban J connectivity index is 2.33. The van der Waals surface area contributed by atoms with Gasteiger partial charge in [-0.3, -0.25) is 0 Å². The van der Waals surface area contributed by atoms with Crippen LogP contribution in [0.1, 0.15) is 0 Å². The zero-order valence-corrected chi connectivity index (χ0v) is 12.3. The van der Waals surface area contributed by atoms with E-state index in [1.165, 1.54) is 18.2 Å². The highest BCUT2D eigenvalue weighted by Gasteiger charge is 2.32. The molecule has 0 spiro atoms. The van der Waals surface area contributed by atoms with Crippen molar-refractivity contribution < 1.29 is 16.8 Å². The Hall–Kier alpha value is -0.830. The van der Waals surface area contributed by atoms with E-state index in [2.05, 4.69) is 0 Å². The van der Waals surface area contributed by atoms with E-state index in [0.29, 0.717) is 5.02 Å². The number of anilines is 1. The van der Waals surface area contributed by atoms with Crippen LogP contribution in [0.15, 0.2) is 23.1 Å². The minimum absolute atomic E-state index is 0.0452. The summed E-state index contributed by atoms with van der Waals surface area (Å²) >= 11 is 5.72. The van der Waals surface area contributed by atoms with Crippen molar-refractivity contribution in [2.24, 2.45) is 0 Å². The Morgan fingerprint density at radius 1 is 1.21 bits per heavy atom. The van der Waals surface area contributed by atoms with Crippen molar-refractivity contribution in [3.05, 3.63) is 23.2 Å². The van der Waals surface area contributed by atoms with Gasteiger partial charge in [0.1, 0.15) is 4.90 Å². The maximum atomic E-state index is 12.3. The lowest BCUT2D eigenvalue weighted by Crippen LogP contribution is -2.43. The summed E-state index contributed by atoms with van der Waals surface area (Å²) in [5, 5.41) is 0.345. The minimum atomic E-state index is -3.77. The van der Waals surface area contributed by atoms with Gasteiger partial charge in [-0.1, -0.05) is 11.6 Å². The number of rotatable bonds is 2. The SMILES string of the molecule is Nc1cc(Cl)ccc1S(=O)(=O)N1CCS(=O)(=O)CC1. The summed E-state index contributed by atoms with van der Waals surface area (Å²) in [6.07, 6.45) is 0. The quantitative estimate of drug-likeness (QED) is 0.791. The van der Waals surface area contributed by atoms with Crippen molar-refractivity contribution in [3.63, 3.8) is 0 Å². The third-order valence-corrected chi connectivity index (χ3v) is 6.71. The maximum Gasteiger partial charge on any atom is 0.245 e. The molecule has 106 valence electrons. The van der Waals surface area contributed by atoms with Crippen LogP contribution in [0, 0.1) is 0 Å². The van der Waals surface area contributed by atoms with Gasteiger partial charge in [-0.05, 0) is 18.2 Å². The van der Waals surface area contributed by atoms with E-state index in [9.17, 15) is 16.8 Å². The molecule has 1 heterocycles. The molecule has 1 aromatic rings. The third-order valence-electron chi connectivity index (χ3n) is 2.89. The van der Waals surface area contributed by atoms with Crippen molar-refractivity contribution in [3.8, 4) is 0 Å². The summed E-state index contributed by atoms with van der Waals surface area (Å²) in [5.41, 5.74) is 5.72. The Kier molecular flexibility index (Phi) is 3.78. The molecule has 0 unspecified atom stereocenters. The highest BCUT2D eigenvalue weighted by Crippen LogP contribution is 2.26. The molecule has 0 saturated carbocycles. The lowest BCUT2D eigenvalue weighted by Gasteiger charge is -2.26. The Bertz CT molecular complexity index is 686. The summed E-state index contributed by atoms with van der Waals surface area (Å²) in [5.74, 6) is -0.334. The summed E-state index contributed by atoms with van der Waals surface area (Å²) in [6.45, 7) is -0.0978. The van der Waals surface area contributed by atoms with E-state index < -0.39 is 19.9 Å². The third kappa shape index (κ3) is 3.02. The van der Waals surface area contributed by atoms with Gasteiger partial charge in [-0.2, -0.15) is 4.31 Å². The van der Waals surface area contributed by atoms with Gasteiger partial charge in [0.2, 0.25) is 10.0 Å². The van der Waals surface area contributed by atoms with Crippen LogP contribution in [0.2, 0.25) is 5.02 Å². The number of nitrogens with zero attached hydrogens (tertiary/aromatic N) is 1. The van der Waals surface area contributed by atoms with Crippen LogP contribution in [0.25, 0.3) is 0 Å². The van der Waals surface area contributed by atoms with Crippen molar-refractivity contribution in [1.82, 2.24) is 4.31 Å². The van der Waals surface area contributed by atoms with Crippen LogP contribution < -0.4 is 5.73 Å². The summed E-state index contributed by atoms with van der Waals surface area (Å²) < 4.78 is 48.4. The molecule has 0 amide bonds. The fourth-order valence-electron chi connectivity index (χ4n) is 1.83. The molecule has 1 saturated heterocycles. The first-order valence-corrected chi connectivity index (χ1v) is 9.12. The number of hydrogen-bond acceptors (Lipinski definition) is 5. The second kappa shape index (κ2) is 4.93. The Morgan fingerprint density at radius 3 is 2.32 bits per heavy atom. The van der Waals surface area contributed by atoms with Crippen LogP contribution in [-0.4, -0.2) is 45.7 Å². The van der Waals surface area contributed by atoms with E-state index in [-0.39, 0.29) is 35.2 Å². The zero-order chi connectivity index (χ0) is 14.3. The first-order valence-electron chi connectivity index (χ1n) is 5.48. The molecule has 1 aromatic carbocycles. The number of benzene rings is 1. The first-order chi connectivity index (χ1) is 8.72. The van der Waals surface area contributed by atoms with Gasteiger partial charge in [0, 0.05) is 18.1 Å². The van der Waals surface area contributed by atoms with Crippen LogP contribution in [0.4, 0.5) is 5.69 Å². The average molecular weight is 325 g/mol. The van der Waals surface area contributed by atoms with Gasteiger partial charge < -0.3 is 5.73 Å². The van der Waals surface area contributed by atoms with Crippen LogP contribution in [0.5, 0.6) is 0 Å². The van der Waals surface area contributed by atoms with Gasteiger partial charge in [-0.15, -0.1) is 0 Å². The van der Waals surface area contributed by atoms with Crippen molar-refractivity contribution >= 4 is 37.1 Å². The highest BCUT2D eigenvalue weighted by molar-refractivity contribution is 7.92. The van der Waals surface area contributed by atoms with Crippen molar-refractivity contribution in [2.75, 3.05) is 30.3 Å². The van der Waals surface area contributed by atoms with Gasteiger partial charge in [0.15, 0.2) is 9.84 Å². The minimum Gasteiger partial charge on any atom is -0.398 e. The molecule has 0 bridgehead atoms. The largest absolute Gasteiger partial charge is 0.398 e. The fraction of sp³-hybridized carbons (Fsp3) is 0.400. The predicted octanol–water partition coefficient (Wildman–Crippen LogP) is 0.341. The number of nitrogens with two attached hydrogens (primary N) is 1. The molecule has 0 radical (unpaired) electrons. The lowest BCUT2D eigenvalue weighted by atomic mass is 10.3. The molecule has 0 atom stereocenters. The molecule has 1 fully saturated rings. The van der Waals surface area contributed by atoms with E-state index >= 15 is 0 Å². The normalized spacial score (nSPS) is 20.3. The molecular weight excluding hydrogens is 312 g/mol. The van der Waals surface area contributed by atoms with Crippen LogP contribution >= 0.6 is 11.6 Å². The first kappa shape index (κ1) is 14.6. The zero-order valence-electron chi connectivity index (χ0n) is 9.91. The van der Waals surface area contributed by atoms with Gasteiger partial charge >= 0.3 is 0 Å². The Labute approximate surface area is 117 Å². The molecule has 19 heavy (non-hydrogen) atoms. The lowest BCUT2D eigenvalue weighted by molar-refractivity contribution is 0.431. The van der Waals surface area contributed by atoms with E-state index in [1.54, 1.807) is 0 Å². The number of hydrogen-bond donors (Lipinski definition) is 1. The molecule has 6 nitrogen and oxygen atoms in total. The molecular formula is C10H13ClN2O4S2. The molecule has 1 aliphatic rings. The molecule has 2 N–H and O–H groups in total. The number of sulfonamides is 1. The monoisotopic (exact) mass is 324 g/mol. The molecule has 0 aliphatic carbocycles. The van der Waals surface area contributed by atoms with Gasteiger partial charge in [0.05, 0.1) is 17.2 Å². The predicted molar refractivity (Wildman–Crippen MR) is 73.3 cm³/mol. The fourth-order valence-corrected chi connectivity index (χ4v) is 4.98. The average Bonchev–Trinajstić information content (AvgIpc) is 2.27. The van der Waals surface area contributed by atoms with Crippen LogP contribution in [0.3, 0.4) is 0 Å². The summed E-state index contributed by atoms with van der Waals surface area (Å²) in [7, 11) is -6.91. The second-order valence-corrected chi connectivity index (χ2v) is 8.88. The highest BCUT2D eigenvalue weighted by atomic mass is 35.5. The van der Waals surface area contributed by atoms with Crippen molar-refractivity contribution in [1.29, 1.82) is 0 Å². The number of sulfone groups is 1. The van der Waals surface area contributed by atoms with Gasteiger partial charge in [-0.25, -0.2) is 16.8 Å². The topological polar surface area (TPSA) is 97.5 Å². The van der Waals surface area contributed by atoms with Gasteiger partial charge in [0.25, 0.3) is 0 Å². The second-order valence-electron chi connectivity index (χ2n) is 4.24. The van der Waals surface area contributed by atoms with Crippen molar-refractivity contribution in [2.45, 2.75) is 4.90 Å².